The third kappa shape index (κ3) is 5.63. The highest BCUT2D eigenvalue weighted by Gasteiger charge is 2.23. The third-order valence-electron chi connectivity index (χ3n) is 4.95. The van der Waals surface area contributed by atoms with Gasteiger partial charge in [0.15, 0.2) is 6.19 Å². The zero-order valence-corrected chi connectivity index (χ0v) is 18.6. The van der Waals surface area contributed by atoms with Crippen LogP contribution in [0.4, 0.5) is 0 Å². The average molecular weight is 473 g/mol. The summed E-state index contributed by atoms with van der Waals surface area (Å²) in [4.78, 5) is 13.7. The van der Waals surface area contributed by atoms with E-state index in [1.54, 1.807) is 47.4 Å². The molecule has 0 saturated carbocycles. The van der Waals surface area contributed by atoms with Gasteiger partial charge < -0.3 is 26.4 Å². The van der Waals surface area contributed by atoms with Gasteiger partial charge in [-0.15, -0.1) is 0 Å². The molecular formula is C22H22Cl2N6O2. The molecule has 1 unspecified atom stereocenters. The number of hydrogen-bond acceptors (Lipinski definition) is 7. The van der Waals surface area contributed by atoms with Crippen molar-refractivity contribution in [2.45, 2.75) is 18.9 Å². The van der Waals surface area contributed by atoms with Gasteiger partial charge >= 0.3 is 0 Å². The van der Waals surface area contributed by atoms with Gasteiger partial charge in [-0.2, -0.15) is 5.26 Å². The average Bonchev–Trinajstić information content (AvgIpc) is 2.76. The highest BCUT2D eigenvalue weighted by Crippen LogP contribution is 2.32. The maximum atomic E-state index is 12.1. The number of primary amides is 1. The minimum absolute atomic E-state index is 0.0123. The van der Waals surface area contributed by atoms with Crippen molar-refractivity contribution < 1.29 is 9.53 Å². The second-order valence-electron chi connectivity index (χ2n) is 7.26. The number of carbonyl (C=O) groups excluding carboxylic acids is 1. The van der Waals surface area contributed by atoms with Crippen molar-refractivity contribution in [2.24, 2.45) is 11.5 Å². The molecule has 166 valence electrons. The summed E-state index contributed by atoms with van der Waals surface area (Å²) in [7, 11) is 0. The number of ether oxygens (including phenoxy) is 1. The molecule has 1 heterocycles. The van der Waals surface area contributed by atoms with Crippen LogP contribution in [0.25, 0.3) is 0 Å². The first-order valence-corrected chi connectivity index (χ1v) is 10.6. The first kappa shape index (κ1) is 23.3. The second-order valence-corrected chi connectivity index (χ2v) is 8.10. The van der Waals surface area contributed by atoms with Crippen LogP contribution in [-0.4, -0.2) is 35.7 Å². The quantitative estimate of drug-likeness (QED) is 0.276. The number of piperidine rings is 1. The SMILES string of the molecule is N#CN1CCCC(N/C(N)=C(\C(=N)c2ccc(Oc3cc(Cl)ccc3Cl)cc2)C(N)=O)C1. The Bertz CT molecular complexity index is 1090. The summed E-state index contributed by atoms with van der Waals surface area (Å²) in [5.41, 5.74) is 11.8. The lowest BCUT2D eigenvalue weighted by Gasteiger charge is -2.30. The fourth-order valence-corrected chi connectivity index (χ4v) is 3.70. The van der Waals surface area contributed by atoms with Crippen LogP contribution in [0.2, 0.25) is 10.0 Å². The molecule has 1 aliphatic heterocycles. The Balaban J connectivity index is 1.77. The number of likely N-dealkylation sites (tertiary alicyclic amines) is 1. The van der Waals surface area contributed by atoms with Crippen LogP contribution >= 0.6 is 23.2 Å². The summed E-state index contributed by atoms with van der Waals surface area (Å²) in [5.74, 6) is 0.0598. The summed E-state index contributed by atoms with van der Waals surface area (Å²) < 4.78 is 5.74. The molecule has 3 rings (SSSR count). The minimum Gasteiger partial charge on any atom is -0.456 e. The van der Waals surface area contributed by atoms with E-state index in [-0.39, 0.29) is 23.1 Å². The van der Waals surface area contributed by atoms with Crippen molar-refractivity contribution >= 4 is 34.8 Å². The molecule has 6 N–H and O–H groups in total. The predicted octanol–water partition coefficient (Wildman–Crippen LogP) is 3.34. The molecule has 0 spiro atoms. The molecule has 10 heteroatoms. The van der Waals surface area contributed by atoms with Crippen LogP contribution in [0.3, 0.4) is 0 Å². The second kappa shape index (κ2) is 10.3. The van der Waals surface area contributed by atoms with Crippen molar-refractivity contribution in [3.8, 4) is 17.7 Å². The van der Waals surface area contributed by atoms with Crippen molar-refractivity contribution in [1.29, 1.82) is 10.7 Å². The van der Waals surface area contributed by atoms with Gasteiger partial charge in [0.25, 0.3) is 5.91 Å². The molecule has 1 amide bonds. The van der Waals surface area contributed by atoms with Gasteiger partial charge in [0.1, 0.15) is 22.9 Å². The molecule has 32 heavy (non-hydrogen) atoms. The number of carbonyl (C=O) groups is 1. The highest BCUT2D eigenvalue weighted by molar-refractivity contribution is 6.34. The first-order chi connectivity index (χ1) is 15.3. The Kier molecular flexibility index (Phi) is 7.46. The maximum absolute atomic E-state index is 12.1. The van der Waals surface area contributed by atoms with E-state index in [2.05, 4.69) is 11.5 Å². The van der Waals surface area contributed by atoms with E-state index in [1.165, 1.54) is 0 Å². The molecule has 1 fully saturated rings. The molecule has 1 aliphatic rings. The highest BCUT2D eigenvalue weighted by atomic mass is 35.5. The van der Waals surface area contributed by atoms with Gasteiger partial charge in [-0.1, -0.05) is 23.2 Å². The van der Waals surface area contributed by atoms with Crippen molar-refractivity contribution in [1.82, 2.24) is 10.2 Å². The van der Waals surface area contributed by atoms with Crippen LogP contribution in [0.1, 0.15) is 18.4 Å². The molecule has 0 aliphatic carbocycles. The molecule has 1 saturated heterocycles. The smallest absolute Gasteiger partial charge is 0.254 e. The van der Waals surface area contributed by atoms with Gasteiger partial charge in [0.2, 0.25) is 0 Å². The lowest BCUT2D eigenvalue weighted by molar-refractivity contribution is -0.114. The fourth-order valence-electron chi connectivity index (χ4n) is 3.38. The standard InChI is InChI=1S/C22H22Cl2N6O2/c23-14-5-8-17(24)18(10-14)32-16-6-3-13(4-7-16)20(26)19(22(28)31)21(27)29-15-2-1-9-30(11-15)12-25/h3-8,10,15,26,29H,1-2,9,11,27H2,(H2,28,31)/b21-19+,26-20?. The topological polar surface area (TPSA) is 141 Å². The van der Waals surface area contributed by atoms with Gasteiger partial charge in [0, 0.05) is 35.8 Å². The van der Waals surface area contributed by atoms with Crippen LogP contribution in [-0.2, 0) is 4.79 Å². The molecule has 2 aromatic rings. The zero-order valence-electron chi connectivity index (χ0n) is 17.1. The Morgan fingerprint density at radius 2 is 1.94 bits per heavy atom. The zero-order chi connectivity index (χ0) is 23.3. The molecule has 0 radical (unpaired) electrons. The lowest BCUT2D eigenvalue weighted by Crippen LogP contribution is -2.46. The number of nitrogens with one attached hydrogen (secondary N) is 2. The van der Waals surface area contributed by atoms with Crippen LogP contribution < -0.4 is 21.5 Å². The molecular weight excluding hydrogens is 451 g/mol. The number of hydrogen-bond donors (Lipinski definition) is 4. The summed E-state index contributed by atoms with van der Waals surface area (Å²) in [6, 6.07) is 11.3. The monoisotopic (exact) mass is 472 g/mol. The Labute approximate surface area is 195 Å². The van der Waals surface area contributed by atoms with Gasteiger partial charge in [-0.05, 0) is 49.2 Å². The number of amides is 1. The number of nitrogens with zero attached hydrogens (tertiary/aromatic N) is 2. The van der Waals surface area contributed by atoms with Gasteiger partial charge in [-0.25, -0.2) is 0 Å². The van der Waals surface area contributed by atoms with Crippen molar-refractivity contribution in [3.05, 3.63) is 69.5 Å². The van der Waals surface area contributed by atoms with E-state index in [4.69, 9.17) is 50.1 Å². The summed E-state index contributed by atoms with van der Waals surface area (Å²) >= 11 is 12.1. The van der Waals surface area contributed by atoms with E-state index in [9.17, 15) is 4.79 Å². The fraction of sp³-hybridized carbons (Fsp3) is 0.227. The van der Waals surface area contributed by atoms with Crippen LogP contribution in [0, 0.1) is 16.9 Å². The molecule has 2 aromatic carbocycles. The summed E-state index contributed by atoms with van der Waals surface area (Å²) in [6.07, 6.45) is 3.72. The maximum Gasteiger partial charge on any atom is 0.254 e. The van der Waals surface area contributed by atoms with E-state index >= 15 is 0 Å². The Morgan fingerprint density at radius 3 is 2.59 bits per heavy atom. The van der Waals surface area contributed by atoms with E-state index in [1.807, 2.05) is 0 Å². The number of nitriles is 1. The minimum atomic E-state index is -0.820. The molecule has 0 aromatic heterocycles. The van der Waals surface area contributed by atoms with Crippen molar-refractivity contribution in [3.63, 3.8) is 0 Å². The van der Waals surface area contributed by atoms with E-state index < -0.39 is 5.91 Å². The first-order valence-electron chi connectivity index (χ1n) is 9.81. The Hall–Kier alpha value is -3.41. The number of halogens is 2. The van der Waals surface area contributed by atoms with Gasteiger partial charge in [0.05, 0.1) is 10.7 Å². The van der Waals surface area contributed by atoms with E-state index in [0.717, 1.165) is 12.8 Å². The Morgan fingerprint density at radius 1 is 1.22 bits per heavy atom. The van der Waals surface area contributed by atoms with Crippen molar-refractivity contribution in [2.75, 3.05) is 13.1 Å². The number of rotatable bonds is 7. The summed E-state index contributed by atoms with van der Waals surface area (Å²) in [5, 5.41) is 21.5. The van der Waals surface area contributed by atoms with Gasteiger partial charge in [-0.3, -0.25) is 10.2 Å². The normalized spacial score (nSPS) is 16.5. The largest absolute Gasteiger partial charge is 0.456 e. The van der Waals surface area contributed by atoms with E-state index in [0.29, 0.717) is 40.2 Å². The summed E-state index contributed by atoms with van der Waals surface area (Å²) in [6.45, 7) is 1.15. The molecule has 8 nitrogen and oxygen atoms in total. The molecule has 0 bridgehead atoms. The lowest BCUT2D eigenvalue weighted by atomic mass is 10.0. The molecule has 1 atom stereocenters. The number of benzene rings is 2. The van der Waals surface area contributed by atoms with Crippen LogP contribution in [0.5, 0.6) is 11.5 Å². The predicted molar refractivity (Wildman–Crippen MR) is 124 cm³/mol. The number of nitrogens with two attached hydrogens (primary N) is 2. The third-order valence-corrected chi connectivity index (χ3v) is 5.50. The van der Waals surface area contributed by atoms with Crippen LogP contribution in [0.15, 0.2) is 53.9 Å².